The minimum absolute atomic E-state index is 0.0741. The molecule has 2 rings (SSSR count). The number of hydrogen-bond donors (Lipinski definition) is 1. The number of phenolic OH excluding ortho intramolecular Hbond substituents is 1. The van der Waals surface area contributed by atoms with Gasteiger partial charge in [0.2, 0.25) is 0 Å². The highest BCUT2D eigenvalue weighted by Gasteiger charge is 2.14. The first-order chi connectivity index (χ1) is 7.61. The van der Waals surface area contributed by atoms with E-state index < -0.39 is 0 Å². The number of halogens is 3. The minimum atomic E-state index is -0.0741. The molecule has 0 radical (unpaired) electrons. The summed E-state index contributed by atoms with van der Waals surface area (Å²) in [4.78, 5) is 0. The molecule has 0 saturated carbocycles. The molecular weight excluding hydrogens is 266 g/mol. The average Bonchev–Trinajstić information content (AvgIpc) is 2.32. The van der Waals surface area contributed by atoms with Gasteiger partial charge >= 0.3 is 0 Å². The molecule has 0 heterocycles. The second kappa shape index (κ2) is 4.54. The van der Waals surface area contributed by atoms with Crippen molar-refractivity contribution < 1.29 is 5.11 Å². The second-order valence-corrected chi connectivity index (χ2v) is 4.39. The minimum Gasteiger partial charge on any atom is -0.506 e. The van der Waals surface area contributed by atoms with Crippen molar-refractivity contribution in [2.75, 3.05) is 0 Å². The molecule has 0 atom stereocenters. The lowest BCUT2D eigenvalue weighted by molar-refractivity contribution is 0.476. The van der Waals surface area contributed by atoms with Gasteiger partial charge in [0, 0.05) is 5.56 Å². The zero-order valence-corrected chi connectivity index (χ0v) is 10.3. The molecule has 0 aliphatic heterocycles. The van der Waals surface area contributed by atoms with Crippen molar-refractivity contribution in [3.05, 3.63) is 51.5 Å². The molecule has 0 unspecified atom stereocenters. The van der Waals surface area contributed by atoms with Crippen molar-refractivity contribution >= 4 is 34.8 Å². The van der Waals surface area contributed by atoms with Crippen LogP contribution in [0.3, 0.4) is 0 Å². The molecule has 0 saturated heterocycles. The lowest BCUT2D eigenvalue weighted by Gasteiger charge is -2.09. The van der Waals surface area contributed by atoms with Gasteiger partial charge in [-0.25, -0.2) is 0 Å². The highest BCUT2D eigenvalue weighted by Crippen LogP contribution is 2.43. The summed E-state index contributed by atoms with van der Waals surface area (Å²) in [6, 6.07) is 10.9. The van der Waals surface area contributed by atoms with Gasteiger partial charge < -0.3 is 5.11 Å². The first-order valence-corrected chi connectivity index (χ1v) is 5.66. The number of hydrogen-bond acceptors (Lipinski definition) is 1. The Balaban J connectivity index is 2.68. The maximum atomic E-state index is 9.59. The van der Waals surface area contributed by atoms with Gasteiger partial charge in [-0.15, -0.1) is 0 Å². The fourth-order valence-corrected chi connectivity index (χ4v) is 2.07. The van der Waals surface area contributed by atoms with E-state index in [1.807, 2.05) is 30.3 Å². The van der Waals surface area contributed by atoms with Crippen molar-refractivity contribution in [2.45, 2.75) is 0 Å². The number of rotatable bonds is 1. The molecule has 0 bridgehead atoms. The summed E-state index contributed by atoms with van der Waals surface area (Å²) in [7, 11) is 0. The average molecular weight is 274 g/mol. The Bertz CT molecular complexity index is 524. The molecule has 1 N–H and O–H groups in total. The maximum Gasteiger partial charge on any atom is 0.136 e. The van der Waals surface area contributed by atoms with E-state index in [4.69, 9.17) is 34.8 Å². The van der Waals surface area contributed by atoms with E-state index >= 15 is 0 Å². The Morgan fingerprint density at radius 1 is 0.812 bits per heavy atom. The molecule has 4 heteroatoms. The van der Waals surface area contributed by atoms with Gasteiger partial charge in [-0.2, -0.15) is 0 Å². The van der Waals surface area contributed by atoms with Gasteiger partial charge in [0.15, 0.2) is 0 Å². The van der Waals surface area contributed by atoms with Crippen LogP contribution in [-0.4, -0.2) is 5.11 Å². The molecule has 82 valence electrons. The van der Waals surface area contributed by atoms with Crippen LogP contribution in [0.1, 0.15) is 0 Å². The van der Waals surface area contributed by atoms with E-state index in [1.165, 1.54) is 6.07 Å². The third-order valence-corrected chi connectivity index (χ3v) is 3.56. The smallest absolute Gasteiger partial charge is 0.136 e. The molecular formula is C12H7Cl3O. The van der Waals surface area contributed by atoms with Gasteiger partial charge in [-0.05, 0) is 11.6 Å². The number of phenols is 1. The molecule has 2 aromatic carbocycles. The van der Waals surface area contributed by atoms with Crippen LogP contribution in [0.25, 0.3) is 11.1 Å². The topological polar surface area (TPSA) is 20.2 Å². The first-order valence-electron chi connectivity index (χ1n) is 4.53. The standard InChI is InChI=1S/C12H7Cl3O/c13-10-8(7-4-2-1-3-5-7)6-9(16)11(14)12(10)15/h1-6,16H. The summed E-state index contributed by atoms with van der Waals surface area (Å²) in [5, 5.41) is 10.2. The summed E-state index contributed by atoms with van der Waals surface area (Å²) >= 11 is 17.8. The van der Waals surface area contributed by atoms with E-state index in [-0.39, 0.29) is 15.8 Å². The van der Waals surface area contributed by atoms with Gasteiger partial charge in [-0.3, -0.25) is 0 Å². The Morgan fingerprint density at radius 3 is 2.06 bits per heavy atom. The molecule has 16 heavy (non-hydrogen) atoms. The second-order valence-electron chi connectivity index (χ2n) is 3.25. The fourth-order valence-electron chi connectivity index (χ4n) is 1.42. The van der Waals surface area contributed by atoms with Crippen molar-refractivity contribution in [2.24, 2.45) is 0 Å². The van der Waals surface area contributed by atoms with Crippen molar-refractivity contribution in [3.63, 3.8) is 0 Å². The summed E-state index contributed by atoms with van der Waals surface area (Å²) < 4.78 is 0. The molecule has 0 fully saturated rings. The van der Waals surface area contributed by atoms with E-state index in [9.17, 15) is 5.11 Å². The van der Waals surface area contributed by atoms with Crippen LogP contribution in [0, 0.1) is 0 Å². The zero-order valence-electron chi connectivity index (χ0n) is 8.05. The van der Waals surface area contributed by atoms with Crippen LogP contribution in [0.4, 0.5) is 0 Å². The summed E-state index contributed by atoms with van der Waals surface area (Å²) in [6.07, 6.45) is 0. The van der Waals surface area contributed by atoms with Gasteiger partial charge in [0.25, 0.3) is 0 Å². The zero-order chi connectivity index (χ0) is 11.7. The van der Waals surface area contributed by atoms with Crippen molar-refractivity contribution in [3.8, 4) is 16.9 Å². The third kappa shape index (κ3) is 1.99. The maximum absolute atomic E-state index is 9.59. The van der Waals surface area contributed by atoms with Gasteiger partial charge in [-0.1, -0.05) is 65.1 Å². The first kappa shape index (κ1) is 11.6. The molecule has 0 amide bonds. The van der Waals surface area contributed by atoms with E-state index in [0.717, 1.165) is 5.56 Å². The lowest BCUT2D eigenvalue weighted by atomic mass is 10.1. The monoisotopic (exact) mass is 272 g/mol. The molecule has 1 nitrogen and oxygen atoms in total. The summed E-state index contributed by atoms with van der Waals surface area (Å²) in [5.41, 5.74) is 1.54. The van der Waals surface area contributed by atoms with E-state index in [0.29, 0.717) is 10.6 Å². The summed E-state index contributed by atoms with van der Waals surface area (Å²) in [5.74, 6) is -0.0741. The quantitative estimate of drug-likeness (QED) is 0.723. The Hall–Kier alpha value is -0.890. The molecule has 0 spiro atoms. The normalized spacial score (nSPS) is 10.4. The van der Waals surface area contributed by atoms with Crippen LogP contribution in [-0.2, 0) is 0 Å². The van der Waals surface area contributed by atoms with E-state index in [1.54, 1.807) is 0 Å². The number of aromatic hydroxyl groups is 1. The SMILES string of the molecule is Oc1cc(-c2ccccc2)c(Cl)c(Cl)c1Cl. The Morgan fingerprint density at radius 2 is 1.44 bits per heavy atom. The fraction of sp³-hybridized carbons (Fsp3) is 0. The Labute approximate surface area is 108 Å². The molecule has 0 aliphatic carbocycles. The van der Waals surface area contributed by atoms with Crippen LogP contribution >= 0.6 is 34.8 Å². The van der Waals surface area contributed by atoms with Crippen LogP contribution in [0.5, 0.6) is 5.75 Å². The predicted octanol–water partition coefficient (Wildman–Crippen LogP) is 5.02. The number of benzene rings is 2. The molecule has 0 aliphatic rings. The summed E-state index contributed by atoms with van der Waals surface area (Å²) in [6.45, 7) is 0. The highest BCUT2D eigenvalue weighted by molar-refractivity contribution is 6.49. The molecule has 0 aromatic heterocycles. The van der Waals surface area contributed by atoms with Crippen LogP contribution < -0.4 is 0 Å². The highest BCUT2D eigenvalue weighted by atomic mass is 35.5. The van der Waals surface area contributed by atoms with Crippen molar-refractivity contribution in [1.29, 1.82) is 0 Å². The largest absolute Gasteiger partial charge is 0.506 e. The van der Waals surface area contributed by atoms with Gasteiger partial charge in [0.1, 0.15) is 10.8 Å². The van der Waals surface area contributed by atoms with Crippen molar-refractivity contribution in [1.82, 2.24) is 0 Å². The predicted molar refractivity (Wildman–Crippen MR) is 68.6 cm³/mol. The van der Waals surface area contributed by atoms with Crippen LogP contribution in [0.15, 0.2) is 36.4 Å². The van der Waals surface area contributed by atoms with Gasteiger partial charge in [0.05, 0.1) is 10.0 Å². The van der Waals surface area contributed by atoms with E-state index in [2.05, 4.69) is 0 Å². The third-order valence-electron chi connectivity index (χ3n) is 2.21. The van der Waals surface area contributed by atoms with Crippen LogP contribution in [0.2, 0.25) is 15.1 Å². The lowest BCUT2D eigenvalue weighted by Crippen LogP contribution is -1.82. The molecule has 2 aromatic rings. The Kier molecular flexibility index (Phi) is 3.29.